The molecule has 0 saturated heterocycles. The minimum atomic E-state index is -0.470. The summed E-state index contributed by atoms with van der Waals surface area (Å²) in [4.78, 5) is 24.1. The first-order valence-corrected chi connectivity index (χ1v) is 8.18. The lowest BCUT2D eigenvalue weighted by Gasteiger charge is -2.06. The number of aryl methyl sites for hydroxylation is 1. The van der Waals surface area contributed by atoms with E-state index >= 15 is 0 Å². The molecular weight excluding hydrogens is 354 g/mol. The summed E-state index contributed by atoms with van der Waals surface area (Å²) in [5.41, 5.74) is 2.65. The van der Waals surface area contributed by atoms with Crippen molar-refractivity contribution in [1.82, 2.24) is 9.78 Å². The van der Waals surface area contributed by atoms with Gasteiger partial charge in [0.25, 0.3) is 5.91 Å². The molecule has 0 aliphatic rings. The number of anilines is 1. The van der Waals surface area contributed by atoms with Gasteiger partial charge in [-0.15, -0.1) is 0 Å². The highest BCUT2D eigenvalue weighted by Crippen LogP contribution is 2.18. The van der Waals surface area contributed by atoms with Crippen molar-refractivity contribution in [1.29, 1.82) is 0 Å². The number of amides is 1. The van der Waals surface area contributed by atoms with Crippen molar-refractivity contribution in [2.75, 3.05) is 12.4 Å². The SMILES string of the molecule is COC(=O)c1cccc(NC(=O)c2cc(C)n(-c3cccc(Cl)c3)n2)c1. The first-order valence-electron chi connectivity index (χ1n) is 7.80. The Balaban J connectivity index is 1.83. The third-order valence-corrected chi connectivity index (χ3v) is 3.95. The van der Waals surface area contributed by atoms with Crippen molar-refractivity contribution in [3.63, 3.8) is 0 Å². The van der Waals surface area contributed by atoms with Gasteiger partial charge < -0.3 is 10.1 Å². The van der Waals surface area contributed by atoms with Gasteiger partial charge in [-0.05, 0) is 49.4 Å². The number of ether oxygens (including phenoxy) is 1. The molecule has 0 saturated carbocycles. The van der Waals surface area contributed by atoms with Gasteiger partial charge in [-0.2, -0.15) is 5.10 Å². The number of aromatic nitrogens is 2. The zero-order valence-electron chi connectivity index (χ0n) is 14.2. The quantitative estimate of drug-likeness (QED) is 0.708. The maximum absolute atomic E-state index is 12.5. The molecule has 1 N–H and O–H groups in total. The molecule has 1 aromatic heterocycles. The number of carbonyl (C=O) groups excluding carboxylic acids is 2. The Morgan fingerprint density at radius 2 is 1.88 bits per heavy atom. The number of hydrogen-bond donors (Lipinski definition) is 1. The summed E-state index contributed by atoms with van der Waals surface area (Å²) in [6, 6.07) is 15.4. The molecule has 1 heterocycles. The maximum Gasteiger partial charge on any atom is 0.337 e. The second kappa shape index (κ2) is 7.41. The number of esters is 1. The zero-order chi connectivity index (χ0) is 18.7. The van der Waals surface area contributed by atoms with Crippen molar-refractivity contribution in [3.8, 4) is 5.69 Å². The van der Waals surface area contributed by atoms with Gasteiger partial charge in [0.1, 0.15) is 0 Å². The van der Waals surface area contributed by atoms with Crippen LogP contribution in [0.3, 0.4) is 0 Å². The van der Waals surface area contributed by atoms with Crippen molar-refractivity contribution >= 4 is 29.2 Å². The normalized spacial score (nSPS) is 10.4. The number of halogens is 1. The Labute approximate surface area is 155 Å². The molecular formula is C19H16ClN3O3. The molecule has 0 fully saturated rings. The second-order valence-electron chi connectivity index (χ2n) is 5.59. The van der Waals surface area contributed by atoms with Gasteiger partial charge in [-0.1, -0.05) is 23.7 Å². The maximum atomic E-state index is 12.5. The fourth-order valence-electron chi connectivity index (χ4n) is 2.49. The van der Waals surface area contributed by atoms with Crippen LogP contribution in [-0.4, -0.2) is 28.8 Å². The number of methoxy groups -OCH3 is 1. The predicted octanol–water partition coefficient (Wildman–Crippen LogP) is 3.87. The summed E-state index contributed by atoms with van der Waals surface area (Å²) in [5.74, 6) is -0.849. The average Bonchev–Trinajstić information content (AvgIpc) is 3.03. The summed E-state index contributed by atoms with van der Waals surface area (Å²) in [5, 5.41) is 7.66. The molecule has 1 amide bonds. The standard InChI is InChI=1S/C19H16ClN3O3/c1-12-9-17(22-23(12)16-8-4-6-14(20)11-16)18(24)21-15-7-3-5-13(10-15)19(25)26-2/h3-11H,1-2H3,(H,21,24). The molecule has 0 unspecified atom stereocenters. The predicted molar refractivity (Wildman–Crippen MR) is 99.0 cm³/mol. The zero-order valence-corrected chi connectivity index (χ0v) is 14.9. The lowest BCUT2D eigenvalue weighted by molar-refractivity contribution is 0.0600. The average molecular weight is 370 g/mol. The monoisotopic (exact) mass is 369 g/mol. The minimum absolute atomic E-state index is 0.256. The first kappa shape index (κ1) is 17.7. The summed E-state index contributed by atoms with van der Waals surface area (Å²) in [6.45, 7) is 1.85. The van der Waals surface area contributed by atoms with E-state index in [9.17, 15) is 9.59 Å². The van der Waals surface area contributed by atoms with E-state index in [2.05, 4.69) is 15.2 Å². The number of hydrogen-bond acceptors (Lipinski definition) is 4. The van der Waals surface area contributed by atoms with Crippen LogP contribution in [0.5, 0.6) is 0 Å². The summed E-state index contributed by atoms with van der Waals surface area (Å²) in [6.07, 6.45) is 0. The van der Waals surface area contributed by atoms with Crippen LogP contribution in [-0.2, 0) is 4.74 Å². The van der Waals surface area contributed by atoms with Crippen molar-refractivity contribution in [2.24, 2.45) is 0 Å². The molecule has 0 bridgehead atoms. The molecule has 6 nitrogen and oxygen atoms in total. The number of carbonyl (C=O) groups is 2. The Bertz CT molecular complexity index is 982. The van der Waals surface area contributed by atoms with Gasteiger partial charge in [0.15, 0.2) is 5.69 Å². The van der Waals surface area contributed by atoms with Crippen LogP contribution in [0.4, 0.5) is 5.69 Å². The van der Waals surface area contributed by atoms with E-state index < -0.39 is 5.97 Å². The van der Waals surface area contributed by atoms with Crippen LogP contribution in [0.2, 0.25) is 5.02 Å². The van der Waals surface area contributed by atoms with E-state index in [4.69, 9.17) is 11.6 Å². The lowest BCUT2D eigenvalue weighted by Crippen LogP contribution is -2.13. The lowest BCUT2D eigenvalue weighted by atomic mass is 10.2. The van der Waals surface area contributed by atoms with Gasteiger partial charge in [0, 0.05) is 16.4 Å². The Morgan fingerprint density at radius 1 is 1.12 bits per heavy atom. The molecule has 132 valence electrons. The fourth-order valence-corrected chi connectivity index (χ4v) is 2.68. The third-order valence-electron chi connectivity index (χ3n) is 3.71. The summed E-state index contributed by atoms with van der Waals surface area (Å²) in [7, 11) is 1.30. The van der Waals surface area contributed by atoms with E-state index in [1.807, 2.05) is 19.1 Å². The molecule has 7 heteroatoms. The highest BCUT2D eigenvalue weighted by molar-refractivity contribution is 6.30. The van der Waals surface area contributed by atoms with Crippen LogP contribution in [0.1, 0.15) is 26.5 Å². The van der Waals surface area contributed by atoms with E-state index in [1.54, 1.807) is 47.1 Å². The third kappa shape index (κ3) is 3.75. The highest BCUT2D eigenvalue weighted by atomic mass is 35.5. The van der Waals surface area contributed by atoms with Crippen molar-refractivity contribution in [2.45, 2.75) is 6.92 Å². The Morgan fingerprint density at radius 3 is 2.62 bits per heavy atom. The van der Waals surface area contributed by atoms with E-state index in [-0.39, 0.29) is 11.6 Å². The molecule has 26 heavy (non-hydrogen) atoms. The minimum Gasteiger partial charge on any atom is -0.465 e. The highest BCUT2D eigenvalue weighted by Gasteiger charge is 2.14. The number of rotatable bonds is 4. The molecule has 0 spiro atoms. The van der Waals surface area contributed by atoms with Gasteiger partial charge in [-0.25, -0.2) is 9.48 Å². The van der Waals surface area contributed by atoms with E-state index in [1.165, 1.54) is 7.11 Å². The van der Waals surface area contributed by atoms with Gasteiger partial charge in [0.2, 0.25) is 0 Å². The molecule has 0 aliphatic heterocycles. The molecule has 2 aromatic carbocycles. The molecule has 0 radical (unpaired) electrons. The topological polar surface area (TPSA) is 73.2 Å². The number of nitrogens with one attached hydrogen (secondary N) is 1. The molecule has 0 atom stereocenters. The van der Waals surface area contributed by atoms with Gasteiger partial charge >= 0.3 is 5.97 Å². The Kier molecular flexibility index (Phi) is 5.04. The number of benzene rings is 2. The smallest absolute Gasteiger partial charge is 0.337 e. The molecule has 0 aliphatic carbocycles. The van der Waals surface area contributed by atoms with Crippen molar-refractivity contribution in [3.05, 3.63) is 76.6 Å². The van der Waals surface area contributed by atoms with E-state index in [0.717, 1.165) is 11.4 Å². The summed E-state index contributed by atoms with van der Waals surface area (Å²) >= 11 is 6.02. The molecule has 3 rings (SSSR count). The van der Waals surface area contributed by atoms with Crippen LogP contribution in [0.15, 0.2) is 54.6 Å². The number of nitrogens with zero attached hydrogens (tertiary/aromatic N) is 2. The first-order chi connectivity index (χ1) is 12.5. The van der Waals surface area contributed by atoms with Gasteiger partial charge in [-0.3, -0.25) is 4.79 Å². The van der Waals surface area contributed by atoms with E-state index in [0.29, 0.717) is 16.3 Å². The second-order valence-corrected chi connectivity index (χ2v) is 6.03. The van der Waals surface area contributed by atoms with Crippen LogP contribution < -0.4 is 5.32 Å². The van der Waals surface area contributed by atoms with Crippen LogP contribution in [0, 0.1) is 6.92 Å². The Hall–Kier alpha value is -3.12. The fraction of sp³-hybridized carbons (Fsp3) is 0.105. The van der Waals surface area contributed by atoms with Gasteiger partial charge in [0.05, 0.1) is 18.4 Å². The molecule has 3 aromatic rings. The van der Waals surface area contributed by atoms with Crippen molar-refractivity contribution < 1.29 is 14.3 Å². The largest absolute Gasteiger partial charge is 0.465 e. The summed E-state index contributed by atoms with van der Waals surface area (Å²) < 4.78 is 6.32. The van der Waals surface area contributed by atoms with Crippen LogP contribution >= 0.6 is 11.6 Å². The van der Waals surface area contributed by atoms with Crippen LogP contribution in [0.25, 0.3) is 5.69 Å².